The van der Waals surface area contributed by atoms with E-state index in [1.165, 1.54) is 11.4 Å². The Morgan fingerprint density at radius 2 is 1.68 bits per heavy atom. The van der Waals surface area contributed by atoms with Gasteiger partial charge in [0.1, 0.15) is 0 Å². The van der Waals surface area contributed by atoms with Crippen molar-refractivity contribution in [3.05, 3.63) is 28.2 Å². The molecule has 135 valence electrons. The van der Waals surface area contributed by atoms with Crippen molar-refractivity contribution in [2.45, 2.75) is 18.7 Å². The van der Waals surface area contributed by atoms with Crippen LogP contribution in [0.1, 0.15) is 13.8 Å². The number of rotatable bonds is 8. The van der Waals surface area contributed by atoms with Gasteiger partial charge in [-0.15, -0.1) is 11.8 Å². The molecule has 0 bridgehead atoms. The van der Waals surface area contributed by atoms with Gasteiger partial charge >= 0.3 is 0 Å². The monoisotopic (exact) mass is 683 g/mol. The quantitative estimate of drug-likeness (QED) is 0.143. The predicted molar refractivity (Wildman–Crippen MR) is 92.3 cm³/mol. The Bertz CT molecular complexity index is 465. The number of hydrogen-bond donors (Lipinski definition) is 0. The first-order valence-corrected chi connectivity index (χ1v) is 11.6. The van der Waals surface area contributed by atoms with Gasteiger partial charge in [-0.1, -0.05) is 34.6 Å². The minimum absolute atomic E-state index is 0. The molecule has 0 spiro atoms. The van der Waals surface area contributed by atoms with Gasteiger partial charge in [0.25, 0.3) is 0 Å². The van der Waals surface area contributed by atoms with Crippen LogP contribution in [0.15, 0.2) is 23.1 Å². The van der Waals surface area contributed by atoms with Gasteiger partial charge in [0.05, 0.1) is 23.3 Å². The van der Waals surface area contributed by atoms with Crippen LogP contribution in [-0.2, 0) is 77.4 Å². The second-order valence-electron chi connectivity index (χ2n) is 3.25. The van der Waals surface area contributed by atoms with Crippen molar-refractivity contribution in [2.24, 2.45) is 0 Å². The van der Waals surface area contributed by atoms with Gasteiger partial charge in [0.15, 0.2) is 0 Å². The Labute approximate surface area is 192 Å². The summed E-state index contributed by atoms with van der Waals surface area (Å²) < 4.78 is 11.1. The standard InChI is InChI=1S/C11H15Cl2O2PS3.2Cu.Ta/c1-3-14-16(17,15-4-2)19-8-18-11-7-9(12)5-6-10(11)13;;;/h5-7H,3-4,8H2,1-2H3;;;. The zero-order chi connectivity index (χ0) is 14.3. The topological polar surface area (TPSA) is 18.5 Å². The molecule has 3 radical (unpaired) electrons. The molecule has 0 aliphatic rings. The molecule has 1 aromatic rings. The third-order valence-corrected chi connectivity index (χ3v) is 9.69. The molecule has 0 amide bonds. The summed E-state index contributed by atoms with van der Waals surface area (Å²) in [4.78, 5) is 0.941. The number of hydrogen-bond acceptors (Lipinski definition) is 5. The summed E-state index contributed by atoms with van der Waals surface area (Å²) in [6.45, 7) is 4.96. The normalized spacial score (nSPS) is 10.2. The fraction of sp³-hybridized carbons (Fsp3) is 0.455. The molecule has 0 saturated carbocycles. The first kappa shape index (κ1) is 29.6. The molecule has 0 fully saturated rings. The van der Waals surface area contributed by atoms with Gasteiger partial charge in [-0.25, -0.2) is 0 Å². The summed E-state index contributed by atoms with van der Waals surface area (Å²) in [6.07, 6.45) is 0. The molecule has 1 rings (SSSR count). The molecule has 0 saturated heterocycles. The van der Waals surface area contributed by atoms with Crippen molar-refractivity contribution in [2.75, 3.05) is 18.3 Å². The number of thioether (sulfide) groups is 1. The van der Waals surface area contributed by atoms with Crippen LogP contribution >= 0.6 is 52.0 Å². The molecule has 0 N–H and O–H groups in total. The van der Waals surface area contributed by atoms with Crippen LogP contribution in [0.5, 0.6) is 0 Å². The minimum Gasteiger partial charge on any atom is -0.322 e. The fourth-order valence-electron chi connectivity index (χ4n) is 1.17. The molecule has 22 heavy (non-hydrogen) atoms. The average molecular weight is 685 g/mol. The maximum absolute atomic E-state index is 6.10. The first-order valence-electron chi connectivity index (χ1n) is 5.62. The summed E-state index contributed by atoms with van der Waals surface area (Å²) >= 11 is 20.6. The van der Waals surface area contributed by atoms with Gasteiger partial charge < -0.3 is 9.05 Å². The smallest absolute Gasteiger partial charge is 0.248 e. The zero-order valence-corrected chi connectivity index (χ0v) is 21.6. The Morgan fingerprint density at radius 1 is 1.14 bits per heavy atom. The van der Waals surface area contributed by atoms with Crippen LogP contribution in [0.4, 0.5) is 0 Å². The van der Waals surface area contributed by atoms with E-state index >= 15 is 0 Å². The van der Waals surface area contributed by atoms with E-state index < -0.39 is 5.69 Å². The third kappa shape index (κ3) is 11.5. The van der Waals surface area contributed by atoms with E-state index in [0.29, 0.717) is 23.3 Å². The molecular weight excluding hydrogens is 670 g/mol. The Balaban J connectivity index is -0.00000120. The maximum Gasteiger partial charge on any atom is 0.248 e. The van der Waals surface area contributed by atoms with Crippen molar-refractivity contribution >= 4 is 63.8 Å². The molecular formula is C11H15Cl2Cu2O2PS3Ta. The van der Waals surface area contributed by atoms with E-state index in [0.717, 1.165) is 9.98 Å². The Morgan fingerprint density at radius 3 is 2.18 bits per heavy atom. The number of benzene rings is 1. The van der Waals surface area contributed by atoms with E-state index in [4.69, 9.17) is 44.1 Å². The van der Waals surface area contributed by atoms with Crippen LogP contribution in [0.2, 0.25) is 10.0 Å². The van der Waals surface area contributed by atoms with E-state index in [9.17, 15) is 0 Å². The van der Waals surface area contributed by atoms with Crippen LogP contribution < -0.4 is 0 Å². The summed E-state index contributed by atoms with van der Waals surface area (Å²) in [5.74, 6) is 0. The maximum atomic E-state index is 6.10. The molecule has 0 heterocycles. The molecule has 0 aliphatic heterocycles. The van der Waals surface area contributed by atoms with Crippen LogP contribution in [-0.4, -0.2) is 18.3 Å². The molecule has 0 aliphatic carbocycles. The fourth-order valence-corrected chi connectivity index (χ4v) is 8.71. The largest absolute Gasteiger partial charge is 0.322 e. The summed E-state index contributed by atoms with van der Waals surface area (Å²) in [7, 11) is 0. The minimum atomic E-state index is -2.23. The van der Waals surface area contributed by atoms with Gasteiger partial charge in [0, 0.05) is 66.4 Å². The van der Waals surface area contributed by atoms with E-state index in [1.807, 2.05) is 19.9 Å². The predicted octanol–water partition coefficient (Wildman–Crippen LogP) is 6.07. The SMILES string of the molecule is CCOP(=S)(OCC)SCSc1cc(Cl)ccc1Cl.[Cu].[Cu].[Ta]. The molecule has 0 unspecified atom stereocenters. The zero-order valence-electron chi connectivity index (χ0n) is 11.6. The van der Waals surface area contributed by atoms with Gasteiger partial charge in [-0.3, -0.25) is 0 Å². The molecule has 1 aromatic carbocycles. The molecule has 2 nitrogen and oxygen atoms in total. The van der Waals surface area contributed by atoms with Crippen LogP contribution in [0, 0.1) is 0 Å². The Hall–Kier alpha value is 2.85. The summed E-state index contributed by atoms with van der Waals surface area (Å²) in [5.41, 5.74) is -2.23. The second-order valence-corrected chi connectivity index (χ2v) is 11.8. The second kappa shape index (κ2) is 16.1. The molecule has 11 heteroatoms. The van der Waals surface area contributed by atoms with Crippen LogP contribution in [0.25, 0.3) is 0 Å². The van der Waals surface area contributed by atoms with E-state index in [-0.39, 0.29) is 56.5 Å². The summed E-state index contributed by atoms with van der Waals surface area (Å²) in [6, 6.07) is 5.41. The average Bonchev–Trinajstić information content (AvgIpc) is 2.34. The Kier molecular flexibility index (Phi) is 21.6. The van der Waals surface area contributed by atoms with Gasteiger partial charge in [0.2, 0.25) is 5.69 Å². The van der Waals surface area contributed by atoms with Crippen molar-refractivity contribution in [3.63, 3.8) is 0 Å². The van der Waals surface area contributed by atoms with Crippen molar-refractivity contribution < 1.29 is 65.6 Å². The van der Waals surface area contributed by atoms with Gasteiger partial charge in [-0.05, 0) is 43.9 Å². The first-order chi connectivity index (χ1) is 9.00. The van der Waals surface area contributed by atoms with Crippen molar-refractivity contribution in [1.29, 1.82) is 0 Å². The van der Waals surface area contributed by atoms with Crippen molar-refractivity contribution in [1.82, 2.24) is 0 Å². The van der Waals surface area contributed by atoms with Gasteiger partial charge in [-0.2, -0.15) is 0 Å². The van der Waals surface area contributed by atoms with Crippen molar-refractivity contribution in [3.8, 4) is 0 Å². The third-order valence-electron chi connectivity index (χ3n) is 1.89. The van der Waals surface area contributed by atoms with E-state index in [2.05, 4.69) is 0 Å². The van der Waals surface area contributed by atoms with E-state index in [1.54, 1.807) is 23.9 Å². The molecule has 0 aromatic heterocycles. The molecule has 0 atom stereocenters. The number of halogens is 2. The summed E-state index contributed by atoms with van der Waals surface area (Å²) in [5, 5.41) is 2.08. The van der Waals surface area contributed by atoms with Crippen LogP contribution in [0.3, 0.4) is 0 Å².